The summed E-state index contributed by atoms with van der Waals surface area (Å²) >= 11 is 1.20. The highest BCUT2D eigenvalue weighted by Crippen LogP contribution is 2.36. The third-order valence-corrected chi connectivity index (χ3v) is 7.87. The highest BCUT2D eigenvalue weighted by Gasteiger charge is 2.37. The van der Waals surface area contributed by atoms with E-state index in [-0.39, 0.29) is 10.9 Å². The largest absolute Gasteiger partial charge is 0.434 e. The van der Waals surface area contributed by atoms with Crippen LogP contribution in [0.4, 0.5) is 18.3 Å². The van der Waals surface area contributed by atoms with Crippen LogP contribution in [0.15, 0.2) is 36.1 Å². The van der Waals surface area contributed by atoms with E-state index in [0.717, 1.165) is 0 Å². The topological polar surface area (TPSA) is 88.1 Å². The van der Waals surface area contributed by atoms with Gasteiger partial charge in [-0.1, -0.05) is 12.2 Å². The van der Waals surface area contributed by atoms with E-state index in [1.807, 2.05) is 24.8 Å². The number of aromatic nitrogens is 3. The smallest absolute Gasteiger partial charge is 0.362 e. The highest BCUT2D eigenvalue weighted by molar-refractivity contribution is 7.93. The Labute approximate surface area is 181 Å². The summed E-state index contributed by atoms with van der Waals surface area (Å²) in [7, 11) is -3.40. The molecule has 4 rings (SSSR count). The second-order valence-corrected chi connectivity index (χ2v) is 10.7. The lowest BCUT2D eigenvalue weighted by molar-refractivity contribution is -0.141. The van der Waals surface area contributed by atoms with Gasteiger partial charge in [0, 0.05) is 23.7 Å². The predicted molar refractivity (Wildman–Crippen MR) is 112 cm³/mol. The Balaban J connectivity index is 1.58. The molecular formula is C19H20F3N5O2S2. The monoisotopic (exact) mass is 471 g/mol. The molecule has 2 aromatic rings. The summed E-state index contributed by atoms with van der Waals surface area (Å²) in [6.07, 6.45) is 3.96. The fourth-order valence-corrected chi connectivity index (χ4v) is 5.54. The van der Waals surface area contributed by atoms with Gasteiger partial charge >= 0.3 is 6.18 Å². The van der Waals surface area contributed by atoms with Gasteiger partial charge in [-0.3, -0.25) is 9.71 Å². The Morgan fingerprint density at radius 2 is 1.90 bits per heavy atom. The molecule has 1 aliphatic carbocycles. The van der Waals surface area contributed by atoms with Crippen LogP contribution in [0.2, 0.25) is 0 Å². The van der Waals surface area contributed by atoms with Crippen molar-refractivity contribution in [2.75, 3.05) is 11.3 Å². The molecular weight excluding hydrogens is 451 g/mol. The van der Waals surface area contributed by atoms with Crippen molar-refractivity contribution in [1.29, 1.82) is 0 Å². The Hall–Kier alpha value is -2.47. The van der Waals surface area contributed by atoms with E-state index in [1.165, 1.54) is 17.5 Å². The zero-order valence-corrected chi connectivity index (χ0v) is 18.4. The Morgan fingerprint density at radius 3 is 2.58 bits per heavy atom. The number of allylic oxidation sites excluding steroid dienone is 2. The second-order valence-electron chi connectivity index (χ2n) is 7.87. The van der Waals surface area contributed by atoms with Crippen molar-refractivity contribution >= 4 is 32.1 Å². The molecule has 1 fully saturated rings. The summed E-state index contributed by atoms with van der Waals surface area (Å²) in [6, 6.07) is 0. The van der Waals surface area contributed by atoms with E-state index in [4.69, 9.17) is 0 Å². The number of anilines is 1. The molecule has 7 nitrogen and oxygen atoms in total. The van der Waals surface area contributed by atoms with Gasteiger partial charge in [0.2, 0.25) is 10.0 Å². The summed E-state index contributed by atoms with van der Waals surface area (Å²) in [5.74, 6) is 0. The Bertz CT molecular complexity index is 1150. The minimum atomic E-state index is -4.58. The molecule has 0 bridgehead atoms. The normalized spacial score (nSPS) is 17.6. The third kappa shape index (κ3) is 4.59. The lowest BCUT2D eigenvalue weighted by Crippen LogP contribution is -2.39. The molecule has 0 spiro atoms. The number of alkyl halides is 3. The molecule has 3 heterocycles. The zero-order valence-electron chi connectivity index (χ0n) is 16.7. The quantitative estimate of drug-likeness (QED) is 0.685. The number of nitrogens with one attached hydrogen (secondary N) is 1. The number of rotatable bonds is 6. The van der Waals surface area contributed by atoms with E-state index in [2.05, 4.69) is 19.7 Å². The van der Waals surface area contributed by atoms with Gasteiger partial charge in [-0.2, -0.15) is 13.2 Å². The van der Waals surface area contributed by atoms with Crippen LogP contribution in [-0.4, -0.2) is 40.1 Å². The second kappa shape index (κ2) is 7.59. The van der Waals surface area contributed by atoms with Crippen LogP contribution in [0.3, 0.4) is 0 Å². The Morgan fingerprint density at radius 1 is 1.16 bits per heavy atom. The van der Waals surface area contributed by atoms with E-state index in [0.29, 0.717) is 42.0 Å². The zero-order chi connectivity index (χ0) is 22.4. The van der Waals surface area contributed by atoms with Crippen LogP contribution in [-0.2, 0) is 21.7 Å². The average molecular weight is 472 g/mol. The van der Waals surface area contributed by atoms with Gasteiger partial charge in [0.1, 0.15) is 0 Å². The first-order valence-corrected chi connectivity index (χ1v) is 11.9. The van der Waals surface area contributed by atoms with Crippen LogP contribution in [0.25, 0.3) is 5.57 Å². The summed E-state index contributed by atoms with van der Waals surface area (Å²) in [5.41, 5.74) is -0.453. The first kappa shape index (κ1) is 21.8. The minimum Gasteiger partial charge on any atom is -0.362 e. The minimum absolute atomic E-state index is 0.114. The fourth-order valence-electron chi connectivity index (χ4n) is 3.07. The van der Waals surface area contributed by atoms with Crippen molar-refractivity contribution in [2.45, 2.75) is 43.7 Å². The molecule has 0 amide bonds. The molecule has 2 aliphatic rings. The van der Waals surface area contributed by atoms with E-state index in [1.54, 1.807) is 17.7 Å². The van der Waals surface area contributed by atoms with Crippen LogP contribution in [0, 0.1) is 0 Å². The van der Waals surface area contributed by atoms with Gasteiger partial charge in [0.05, 0.1) is 34.6 Å². The first-order chi connectivity index (χ1) is 14.5. The van der Waals surface area contributed by atoms with E-state index in [9.17, 15) is 21.6 Å². The van der Waals surface area contributed by atoms with Gasteiger partial charge in [-0.05, 0) is 26.7 Å². The molecule has 0 atom stereocenters. The summed E-state index contributed by atoms with van der Waals surface area (Å²) in [5, 5.41) is 1.73. The van der Waals surface area contributed by atoms with Gasteiger partial charge in [-0.15, -0.1) is 11.3 Å². The molecule has 12 heteroatoms. The van der Waals surface area contributed by atoms with E-state index < -0.39 is 27.4 Å². The average Bonchev–Trinajstić information content (AvgIpc) is 3.48. The van der Waals surface area contributed by atoms with Gasteiger partial charge < -0.3 is 4.90 Å². The summed E-state index contributed by atoms with van der Waals surface area (Å²) in [6.45, 7) is 4.32. The van der Waals surface area contributed by atoms with Gasteiger partial charge in [0.15, 0.2) is 10.8 Å². The number of hydrogen-bond donors (Lipinski definition) is 1. The lowest BCUT2D eigenvalue weighted by atomic mass is 9.97. The molecule has 0 unspecified atom stereocenters. The first-order valence-electron chi connectivity index (χ1n) is 9.49. The molecule has 1 saturated carbocycles. The summed E-state index contributed by atoms with van der Waals surface area (Å²) < 4.78 is 65.8. The Kier molecular flexibility index (Phi) is 5.32. The fraction of sp³-hybridized carbons (Fsp3) is 0.421. The van der Waals surface area contributed by atoms with Crippen molar-refractivity contribution in [3.8, 4) is 0 Å². The molecule has 2 aromatic heterocycles. The van der Waals surface area contributed by atoms with Crippen molar-refractivity contribution in [3.05, 3.63) is 53.2 Å². The van der Waals surface area contributed by atoms with Crippen LogP contribution in [0.1, 0.15) is 43.8 Å². The lowest BCUT2D eigenvalue weighted by Gasteiger charge is -2.38. The number of sulfonamides is 1. The molecule has 1 N–H and O–H groups in total. The standard InChI is InChI=1S/C19H20F3N5O2S2/c1-18(2,16-11-30-17(25-16)26-31(28,29)13-5-6-13)27-7-3-4-12(10-27)14-8-23-9-15(24-14)19(20,21)22/h3-4,8-11,13H,5-7H2,1-2H3,(H,25,26). The van der Waals surface area contributed by atoms with Crippen molar-refractivity contribution in [2.24, 2.45) is 0 Å². The maximum Gasteiger partial charge on any atom is 0.434 e. The maximum absolute atomic E-state index is 13.0. The molecule has 31 heavy (non-hydrogen) atoms. The molecule has 0 aromatic carbocycles. The molecule has 166 valence electrons. The van der Waals surface area contributed by atoms with Crippen LogP contribution in [0.5, 0.6) is 0 Å². The number of halogens is 3. The predicted octanol–water partition coefficient (Wildman–Crippen LogP) is 4.00. The number of nitrogens with zero attached hydrogens (tertiary/aromatic N) is 4. The molecule has 1 aliphatic heterocycles. The van der Waals surface area contributed by atoms with Gasteiger partial charge in [-0.25, -0.2) is 18.4 Å². The molecule has 0 saturated heterocycles. The maximum atomic E-state index is 13.0. The number of hydrogen-bond acceptors (Lipinski definition) is 7. The van der Waals surface area contributed by atoms with Gasteiger partial charge in [0.25, 0.3) is 0 Å². The van der Waals surface area contributed by atoms with Crippen molar-refractivity contribution in [3.63, 3.8) is 0 Å². The number of thiazole rings is 1. The van der Waals surface area contributed by atoms with Crippen molar-refractivity contribution in [1.82, 2.24) is 19.9 Å². The third-order valence-electron chi connectivity index (χ3n) is 5.16. The SMILES string of the molecule is CC(C)(c1csc(NS(=O)(=O)C2CC2)n1)N1C=C(c2cncc(C(F)(F)F)n2)C=CC1. The highest BCUT2D eigenvalue weighted by atomic mass is 32.2. The van der Waals surface area contributed by atoms with Crippen LogP contribution < -0.4 is 4.72 Å². The van der Waals surface area contributed by atoms with Crippen molar-refractivity contribution < 1.29 is 21.6 Å². The summed E-state index contributed by atoms with van der Waals surface area (Å²) in [4.78, 5) is 13.7. The van der Waals surface area contributed by atoms with Crippen LogP contribution >= 0.6 is 11.3 Å². The van der Waals surface area contributed by atoms with E-state index >= 15 is 0 Å². The molecule has 0 radical (unpaired) electrons.